The average molecular weight is 135 g/mol. The molecule has 3 nitrogen and oxygen atoms in total. The SMILES string of the molecule is C=Cc1cc(C)c(N)nn1. The Kier molecular flexibility index (Phi) is 1.67. The maximum absolute atomic E-state index is 5.44. The monoisotopic (exact) mass is 135 g/mol. The van der Waals surface area contributed by atoms with Crippen LogP contribution in [0.3, 0.4) is 0 Å². The molecule has 0 atom stereocenters. The molecule has 0 spiro atoms. The Balaban J connectivity index is 3.16. The summed E-state index contributed by atoms with van der Waals surface area (Å²) >= 11 is 0. The molecule has 0 unspecified atom stereocenters. The highest BCUT2D eigenvalue weighted by Gasteiger charge is 1.94. The summed E-state index contributed by atoms with van der Waals surface area (Å²) in [7, 11) is 0. The summed E-state index contributed by atoms with van der Waals surface area (Å²) in [5.41, 5.74) is 7.13. The molecule has 0 aromatic carbocycles. The van der Waals surface area contributed by atoms with Crippen molar-refractivity contribution in [2.24, 2.45) is 0 Å². The zero-order valence-corrected chi connectivity index (χ0v) is 5.83. The molecule has 0 aliphatic heterocycles. The fraction of sp³-hybridized carbons (Fsp3) is 0.143. The predicted molar refractivity (Wildman–Crippen MR) is 41.3 cm³/mol. The van der Waals surface area contributed by atoms with Crippen LogP contribution in [0.2, 0.25) is 0 Å². The topological polar surface area (TPSA) is 51.8 Å². The summed E-state index contributed by atoms with van der Waals surface area (Å²) in [6.07, 6.45) is 1.64. The van der Waals surface area contributed by atoms with Crippen molar-refractivity contribution in [2.75, 3.05) is 5.73 Å². The third-order valence-electron chi connectivity index (χ3n) is 1.25. The van der Waals surface area contributed by atoms with E-state index in [1.165, 1.54) is 0 Å². The minimum atomic E-state index is 0.477. The lowest BCUT2D eigenvalue weighted by Gasteiger charge is -1.96. The predicted octanol–water partition coefficient (Wildman–Crippen LogP) is 1.01. The van der Waals surface area contributed by atoms with Gasteiger partial charge in [0.05, 0.1) is 5.69 Å². The maximum atomic E-state index is 5.44. The first-order chi connectivity index (χ1) is 4.74. The lowest BCUT2D eigenvalue weighted by atomic mass is 10.2. The van der Waals surface area contributed by atoms with Gasteiger partial charge >= 0.3 is 0 Å². The van der Waals surface area contributed by atoms with Gasteiger partial charge in [0.2, 0.25) is 0 Å². The molecule has 1 aromatic heterocycles. The van der Waals surface area contributed by atoms with Gasteiger partial charge < -0.3 is 5.73 Å². The largest absolute Gasteiger partial charge is 0.382 e. The molecule has 1 heterocycles. The molecule has 0 aliphatic carbocycles. The highest BCUT2D eigenvalue weighted by molar-refractivity contribution is 5.46. The van der Waals surface area contributed by atoms with Crippen LogP contribution >= 0.6 is 0 Å². The van der Waals surface area contributed by atoms with Gasteiger partial charge in [-0.05, 0) is 24.6 Å². The standard InChI is InChI=1S/C7H9N3/c1-3-6-4-5(2)7(8)10-9-6/h3-4H,1H2,2H3,(H2,8,10). The Labute approximate surface area is 59.6 Å². The summed E-state index contributed by atoms with van der Waals surface area (Å²) in [5.74, 6) is 0.477. The quantitative estimate of drug-likeness (QED) is 0.625. The van der Waals surface area contributed by atoms with E-state index >= 15 is 0 Å². The molecule has 0 bridgehead atoms. The first-order valence-electron chi connectivity index (χ1n) is 2.96. The molecule has 3 heteroatoms. The second-order valence-electron chi connectivity index (χ2n) is 2.04. The highest BCUT2D eigenvalue weighted by atomic mass is 15.1. The van der Waals surface area contributed by atoms with E-state index in [1.54, 1.807) is 6.08 Å². The van der Waals surface area contributed by atoms with Crippen molar-refractivity contribution in [1.82, 2.24) is 10.2 Å². The number of hydrogen-bond donors (Lipinski definition) is 1. The molecule has 1 aromatic rings. The third-order valence-corrected chi connectivity index (χ3v) is 1.25. The van der Waals surface area contributed by atoms with Gasteiger partial charge in [-0.2, -0.15) is 0 Å². The molecular formula is C7H9N3. The van der Waals surface area contributed by atoms with Crippen LogP contribution in [-0.2, 0) is 0 Å². The van der Waals surface area contributed by atoms with Gasteiger partial charge in [-0.3, -0.25) is 0 Å². The lowest BCUT2D eigenvalue weighted by Crippen LogP contribution is -1.97. The van der Waals surface area contributed by atoms with E-state index in [1.807, 2.05) is 13.0 Å². The maximum Gasteiger partial charge on any atom is 0.149 e. The Hall–Kier alpha value is -1.38. The van der Waals surface area contributed by atoms with Crippen molar-refractivity contribution in [1.29, 1.82) is 0 Å². The van der Waals surface area contributed by atoms with Crippen LogP contribution in [-0.4, -0.2) is 10.2 Å². The molecule has 0 saturated carbocycles. The molecule has 52 valence electrons. The Morgan fingerprint density at radius 2 is 2.30 bits per heavy atom. The number of nitrogens with zero attached hydrogens (tertiary/aromatic N) is 2. The van der Waals surface area contributed by atoms with Crippen LogP contribution in [0.4, 0.5) is 5.82 Å². The number of anilines is 1. The first-order valence-corrected chi connectivity index (χ1v) is 2.96. The van der Waals surface area contributed by atoms with E-state index in [9.17, 15) is 0 Å². The lowest BCUT2D eigenvalue weighted by molar-refractivity contribution is 1.01. The number of nitrogen functional groups attached to an aromatic ring is 1. The molecule has 0 fully saturated rings. The van der Waals surface area contributed by atoms with Gasteiger partial charge in [0.1, 0.15) is 5.82 Å². The van der Waals surface area contributed by atoms with Crippen molar-refractivity contribution in [3.63, 3.8) is 0 Å². The van der Waals surface area contributed by atoms with Gasteiger partial charge in [0, 0.05) is 0 Å². The van der Waals surface area contributed by atoms with E-state index in [2.05, 4.69) is 16.8 Å². The van der Waals surface area contributed by atoms with Gasteiger partial charge in [-0.1, -0.05) is 6.58 Å². The summed E-state index contributed by atoms with van der Waals surface area (Å²) in [5, 5.41) is 7.47. The molecule has 10 heavy (non-hydrogen) atoms. The van der Waals surface area contributed by atoms with Crippen molar-refractivity contribution < 1.29 is 0 Å². The van der Waals surface area contributed by atoms with E-state index in [4.69, 9.17) is 5.73 Å². The van der Waals surface area contributed by atoms with Crippen molar-refractivity contribution in [3.05, 3.63) is 23.9 Å². The number of nitrogens with two attached hydrogens (primary N) is 1. The van der Waals surface area contributed by atoms with Gasteiger partial charge in [0.25, 0.3) is 0 Å². The molecule has 0 amide bonds. The Morgan fingerprint density at radius 1 is 1.60 bits per heavy atom. The average Bonchev–Trinajstić information content (AvgIpc) is 1.95. The molecule has 0 aliphatic rings. The van der Waals surface area contributed by atoms with Crippen molar-refractivity contribution in [2.45, 2.75) is 6.92 Å². The van der Waals surface area contributed by atoms with E-state index < -0.39 is 0 Å². The normalized spacial score (nSPS) is 9.30. The van der Waals surface area contributed by atoms with E-state index in [-0.39, 0.29) is 0 Å². The van der Waals surface area contributed by atoms with Crippen molar-refractivity contribution in [3.8, 4) is 0 Å². The zero-order valence-electron chi connectivity index (χ0n) is 5.83. The first kappa shape index (κ1) is 6.74. The fourth-order valence-electron chi connectivity index (χ4n) is 0.615. The highest BCUT2D eigenvalue weighted by Crippen LogP contribution is 2.06. The Bertz CT molecular complexity index is 255. The minimum absolute atomic E-state index is 0.477. The summed E-state index contributed by atoms with van der Waals surface area (Å²) in [6.45, 7) is 5.44. The van der Waals surface area contributed by atoms with Gasteiger partial charge in [0.15, 0.2) is 0 Å². The second kappa shape index (κ2) is 2.47. The summed E-state index contributed by atoms with van der Waals surface area (Å²) in [6, 6.07) is 1.84. The van der Waals surface area contributed by atoms with Crippen LogP contribution in [0, 0.1) is 6.92 Å². The number of rotatable bonds is 1. The molecule has 1 rings (SSSR count). The molecule has 0 radical (unpaired) electrons. The van der Waals surface area contributed by atoms with Crippen LogP contribution in [0.25, 0.3) is 6.08 Å². The third kappa shape index (κ3) is 1.13. The smallest absolute Gasteiger partial charge is 0.149 e. The van der Waals surface area contributed by atoms with Crippen LogP contribution in [0.1, 0.15) is 11.3 Å². The van der Waals surface area contributed by atoms with Crippen LogP contribution < -0.4 is 5.73 Å². The summed E-state index contributed by atoms with van der Waals surface area (Å²) in [4.78, 5) is 0. The number of aryl methyl sites for hydroxylation is 1. The zero-order chi connectivity index (χ0) is 7.56. The summed E-state index contributed by atoms with van der Waals surface area (Å²) < 4.78 is 0. The van der Waals surface area contributed by atoms with Crippen LogP contribution in [0.15, 0.2) is 12.6 Å². The number of aromatic nitrogens is 2. The Morgan fingerprint density at radius 3 is 2.80 bits per heavy atom. The van der Waals surface area contributed by atoms with E-state index in [0.717, 1.165) is 11.3 Å². The fourth-order valence-corrected chi connectivity index (χ4v) is 0.615. The second-order valence-corrected chi connectivity index (χ2v) is 2.04. The van der Waals surface area contributed by atoms with Crippen molar-refractivity contribution >= 4 is 11.9 Å². The molecular weight excluding hydrogens is 126 g/mol. The van der Waals surface area contributed by atoms with Gasteiger partial charge in [-0.15, -0.1) is 10.2 Å². The molecule has 0 saturated heterocycles. The number of hydrogen-bond acceptors (Lipinski definition) is 3. The minimum Gasteiger partial charge on any atom is -0.382 e. The molecule has 2 N–H and O–H groups in total. The van der Waals surface area contributed by atoms with E-state index in [0.29, 0.717) is 5.82 Å². The van der Waals surface area contributed by atoms with Gasteiger partial charge in [-0.25, -0.2) is 0 Å². The van der Waals surface area contributed by atoms with Crippen LogP contribution in [0.5, 0.6) is 0 Å².